The van der Waals surface area contributed by atoms with Crippen LogP contribution in [0.25, 0.3) is 0 Å². The molecule has 2 aliphatic heterocycles. The molecule has 2 heterocycles. The van der Waals surface area contributed by atoms with Gasteiger partial charge in [0.15, 0.2) is 0 Å². The number of nitrogens with one attached hydrogen (secondary N) is 1. The highest BCUT2D eigenvalue weighted by Crippen LogP contribution is 2.22. The van der Waals surface area contributed by atoms with Crippen LogP contribution in [0.1, 0.15) is 59.3 Å². The molecule has 18 heavy (non-hydrogen) atoms. The number of nitrogens with zero attached hydrogens (tertiary/aromatic N) is 1. The summed E-state index contributed by atoms with van der Waals surface area (Å²) in [6, 6.07) is 0. The highest BCUT2D eigenvalue weighted by Gasteiger charge is 2.21. The van der Waals surface area contributed by atoms with Gasteiger partial charge in [0.05, 0.1) is 0 Å². The standard InChI is InChI=1S/C13H26N2.C3H8/c1-2-12-5-9-15(10-6-12)11-13-3-7-14-8-4-13;1-3-2/h12-14H,2-11H2,1H3;3H2,1-2H3. The maximum atomic E-state index is 3.45. The van der Waals surface area contributed by atoms with Crippen molar-refractivity contribution in [2.24, 2.45) is 11.8 Å². The Hall–Kier alpha value is -0.0800. The molecular formula is C16H34N2. The Bertz CT molecular complexity index is 180. The first-order chi connectivity index (χ1) is 8.80. The number of rotatable bonds is 3. The van der Waals surface area contributed by atoms with Crippen molar-refractivity contribution in [2.45, 2.75) is 59.3 Å². The predicted molar refractivity (Wildman–Crippen MR) is 81.0 cm³/mol. The van der Waals surface area contributed by atoms with Crippen LogP contribution >= 0.6 is 0 Å². The van der Waals surface area contributed by atoms with Crippen molar-refractivity contribution in [3.63, 3.8) is 0 Å². The van der Waals surface area contributed by atoms with Gasteiger partial charge in [0.2, 0.25) is 0 Å². The van der Waals surface area contributed by atoms with Gasteiger partial charge in [-0.2, -0.15) is 0 Å². The van der Waals surface area contributed by atoms with Crippen molar-refractivity contribution in [2.75, 3.05) is 32.7 Å². The van der Waals surface area contributed by atoms with Gasteiger partial charge < -0.3 is 10.2 Å². The molecule has 2 fully saturated rings. The van der Waals surface area contributed by atoms with Gasteiger partial charge >= 0.3 is 0 Å². The summed E-state index contributed by atoms with van der Waals surface area (Å²) < 4.78 is 0. The molecule has 0 saturated carbocycles. The third kappa shape index (κ3) is 6.19. The van der Waals surface area contributed by atoms with E-state index in [9.17, 15) is 0 Å². The molecular weight excluding hydrogens is 220 g/mol. The molecule has 0 aromatic heterocycles. The van der Waals surface area contributed by atoms with E-state index in [0.717, 1.165) is 11.8 Å². The van der Waals surface area contributed by atoms with Gasteiger partial charge in [0.1, 0.15) is 0 Å². The fraction of sp³-hybridized carbons (Fsp3) is 1.00. The lowest BCUT2D eigenvalue weighted by Crippen LogP contribution is -2.40. The minimum atomic E-state index is 0.976. The first kappa shape index (κ1) is 16.0. The SMILES string of the molecule is CCC.CCC1CCN(CC2CCNCC2)CC1. The first-order valence-corrected chi connectivity index (χ1v) is 8.23. The highest BCUT2D eigenvalue weighted by molar-refractivity contribution is 4.76. The molecule has 0 bridgehead atoms. The van der Waals surface area contributed by atoms with E-state index in [-0.39, 0.29) is 0 Å². The second-order valence-corrected chi connectivity index (χ2v) is 6.05. The second kappa shape index (κ2) is 9.80. The summed E-state index contributed by atoms with van der Waals surface area (Å²) in [7, 11) is 0. The van der Waals surface area contributed by atoms with Crippen LogP contribution < -0.4 is 5.32 Å². The van der Waals surface area contributed by atoms with E-state index < -0.39 is 0 Å². The van der Waals surface area contributed by atoms with Gasteiger partial charge in [0.25, 0.3) is 0 Å². The molecule has 0 radical (unpaired) electrons. The van der Waals surface area contributed by atoms with Crippen molar-refractivity contribution in [3.8, 4) is 0 Å². The van der Waals surface area contributed by atoms with Crippen LogP contribution in [0.4, 0.5) is 0 Å². The quantitative estimate of drug-likeness (QED) is 0.829. The van der Waals surface area contributed by atoms with Crippen LogP contribution in [0.5, 0.6) is 0 Å². The van der Waals surface area contributed by atoms with Crippen molar-refractivity contribution >= 4 is 0 Å². The van der Waals surface area contributed by atoms with E-state index >= 15 is 0 Å². The monoisotopic (exact) mass is 254 g/mol. The van der Waals surface area contributed by atoms with Crippen LogP contribution in [0, 0.1) is 11.8 Å². The Morgan fingerprint density at radius 3 is 1.94 bits per heavy atom. The zero-order chi connectivity index (χ0) is 13.2. The Morgan fingerprint density at radius 1 is 0.889 bits per heavy atom. The molecule has 2 saturated heterocycles. The van der Waals surface area contributed by atoms with Gasteiger partial charge in [-0.3, -0.25) is 0 Å². The first-order valence-electron chi connectivity index (χ1n) is 8.23. The number of piperidine rings is 2. The van der Waals surface area contributed by atoms with Crippen LogP contribution in [0.2, 0.25) is 0 Å². The summed E-state index contributed by atoms with van der Waals surface area (Å²) in [5, 5.41) is 3.45. The molecule has 0 aromatic rings. The summed E-state index contributed by atoms with van der Waals surface area (Å²) >= 11 is 0. The second-order valence-electron chi connectivity index (χ2n) is 6.05. The largest absolute Gasteiger partial charge is 0.317 e. The van der Waals surface area contributed by atoms with Crippen molar-refractivity contribution in [1.29, 1.82) is 0 Å². The van der Waals surface area contributed by atoms with Crippen LogP contribution in [0.3, 0.4) is 0 Å². The third-order valence-corrected chi connectivity index (χ3v) is 4.26. The molecule has 108 valence electrons. The molecule has 0 unspecified atom stereocenters. The zero-order valence-electron chi connectivity index (χ0n) is 12.9. The Balaban J connectivity index is 0.000000492. The lowest BCUT2D eigenvalue weighted by atomic mass is 9.92. The Kier molecular flexibility index (Phi) is 8.70. The minimum Gasteiger partial charge on any atom is -0.317 e. The number of hydrogen-bond acceptors (Lipinski definition) is 2. The highest BCUT2D eigenvalue weighted by atomic mass is 15.1. The van der Waals surface area contributed by atoms with Crippen molar-refractivity contribution in [3.05, 3.63) is 0 Å². The molecule has 2 rings (SSSR count). The van der Waals surface area contributed by atoms with Crippen molar-refractivity contribution < 1.29 is 0 Å². The third-order valence-electron chi connectivity index (χ3n) is 4.26. The average Bonchev–Trinajstić information content (AvgIpc) is 2.42. The van der Waals surface area contributed by atoms with E-state index in [1.165, 1.54) is 71.2 Å². The molecule has 0 atom stereocenters. The van der Waals surface area contributed by atoms with Gasteiger partial charge in [0, 0.05) is 6.54 Å². The Labute approximate surface area is 115 Å². The van der Waals surface area contributed by atoms with Gasteiger partial charge in [-0.25, -0.2) is 0 Å². The smallest absolute Gasteiger partial charge is 0.00106 e. The summed E-state index contributed by atoms with van der Waals surface area (Å²) in [6.45, 7) is 13.2. The molecule has 0 spiro atoms. The fourth-order valence-electron chi connectivity index (χ4n) is 3.01. The predicted octanol–water partition coefficient (Wildman–Crippen LogP) is 3.52. The summed E-state index contributed by atoms with van der Waals surface area (Å²) in [4.78, 5) is 2.71. The van der Waals surface area contributed by atoms with E-state index in [2.05, 4.69) is 31.0 Å². The Morgan fingerprint density at radius 2 is 1.44 bits per heavy atom. The summed E-state index contributed by atoms with van der Waals surface area (Å²) in [5.41, 5.74) is 0. The van der Waals surface area contributed by atoms with E-state index in [1.54, 1.807) is 0 Å². The van der Waals surface area contributed by atoms with E-state index in [1.807, 2.05) is 0 Å². The summed E-state index contributed by atoms with van der Waals surface area (Å²) in [5.74, 6) is 2.00. The van der Waals surface area contributed by atoms with Crippen molar-refractivity contribution in [1.82, 2.24) is 10.2 Å². The molecule has 0 aromatic carbocycles. The molecule has 2 aliphatic rings. The lowest BCUT2D eigenvalue weighted by molar-refractivity contribution is 0.147. The topological polar surface area (TPSA) is 15.3 Å². The normalized spacial score (nSPS) is 23.5. The molecule has 2 nitrogen and oxygen atoms in total. The molecule has 2 heteroatoms. The lowest BCUT2D eigenvalue weighted by Gasteiger charge is -2.35. The molecule has 0 amide bonds. The van der Waals surface area contributed by atoms with Crippen LogP contribution in [0.15, 0.2) is 0 Å². The number of hydrogen-bond donors (Lipinski definition) is 1. The van der Waals surface area contributed by atoms with Crippen LogP contribution in [-0.4, -0.2) is 37.6 Å². The van der Waals surface area contributed by atoms with E-state index in [0.29, 0.717) is 0 Å². The van der Waals surface area contributed by atoms with Gasteiger partial charge in [-0.1, -0.05) is 33.6 Å². The minimum absolute atomic E-state index is 0.976. The fourth-order valence-corrected chi connectivity index (χ4v) is 3.01. The summed E-state index contributed by atoms with van der Waals surface area (Å²) in [6.07, 6.45) is 8.32. The number of likely N-dealkylation sites (tertiary alicyclic amines) is 1. The van der Waals surface area contributed by atoms with Crippen LogP contribution in [-0.2, 0) is 0 Å². The maximum absolute atomic E-state index is 3.45. The van der Waals surface area contributed by atoms with Gasteiger partial charge in [-0.15, -0.1) is 0 Å². The van der Waals surface area contributed by atoms with E-state index in [4.69, 9.17) is 0 Å². The average molecular weight is 254 g/mol. The zero-order valence-corrected chi connectivity index (χ0v) is 12.9. The molecule has 0 aliphatic carbocycles. The van der Waals surface area contributed by atoms with Gasteiger partial charge in [-0.05, 0) is 63.7 Å². The maximum Gasteiger partial charge on any atom is 0.00106 e. The molecule has 1 N–H and O–H groups in total.